The van der Waals surface area contributed by atoms with E-state index >= 15 is 0 Å². The normalized spacial score (nSPS) is 17.9. The Balaban J connectivity index is 2.13. The van der Waals surface area contributed by atoms with Crippen molar-refractivity contribution in [2.75, 3.05) is 13.1 Å². The molecule has 0 unspecified atom stereocenters. The molecule has 6 nitrogen and oxygen atoms in total. The molecular weight excluding hydrogens is 324 g/mol. The molecular formula is C13H12F4N2O4. The predicted molar refractivity (Wildman–Crippen MR) is 69.2 cm³/mol. The van der Waals surface area contributed by atoms with Crippen LogP contribution < -0.4 is 0 Å². The van der Waals surface area contributed by atoms with E-state index in [0.717, 1.165) is 17.0 Å². The first-order chi connectivity index (χ1) is 10.5. The molecule has 0 radical (unpaired) electrons. The van der Waals surface area contributed by atoms with Crippen molar-refractivity contribution in [1.82, 2.24) is 4.90 Å². The molecule has 10 heteroatoms. The topological polar surface area (TPSA) is 83.7 Å². The molecule has 1 amide bonds. The molecule has 0 bridgehead atoms. The highest BCUT2D eigenvalue weighted by Crippen LogP contribution is 2.38. The summed E-state index contributed by atoms with van der Waals surface area (Å²) in [4.78, 5) is 22.8. The smallest absolute Gasteiger partial charge is 0.380 e. The molecule has 23 heavy (non-hydrogen) atoms. The van der Waals surface area contributed by atoms with Crippen LogP contribution in [0.2, 0.25) is 0 Å². The van der Waals surface area contributed by atoms with Crippen LogP contribution in [-0.4, -0.2) is 45.7 Å². The van der Waals surface area contributed by atoms with Crippen LogP contribution in [0.15, 0.2) is 18.2 Å². The van der Waals surface area contributed by atoms with Crippen molar-refractivity contribution in [3.05, 3.63) is 39.7 Å². The largest absolute Gasteiger partial charge is 0.417 e. The molecule has 1 heterocycles. The molecule has 1 aromatic rings. The third-order valence-electron chi connectivity index (χ3n) is 3.80. The minimum absolute atomic E-state index is 0.398. The SMILES string of the molecule is O=C(c1ccc([N+](=O)[O-])cc1F)N1CCC(O)(C(F)(F)F)CC1. The number of carbonyl (C=O) groups is 1. The average Bonchev–Trinajstić information content (AvgIpc) is 2.46. The summed E-state index contributed by atoms with van der Waals surface area (Å²) in [6.45, 7) is -0.795. The van der Waals surface area contributed by atoms with Crippen LogP contribution in [0.3, 0.4) is 0 Å². The standard InChI is InChI=1S/C13H12F4N2O4/c14-10-7-8(19(22)23)1-2-9(10)11(20)18-5-3-12(21,4-6-18)13(15,16)17/h1-2,7,21H,3-6H2. The number of alkyl halides is 3. The monoisotopic (exact) mass is 336 g/mol. The van der Waals surface area contributed by atoms with E-state index < -0.39 is 65.6 Å². The second-order valence-corrected chi connectivity index (χ2v) is 5.24. The molecule has 0 aliphatic carbocycles. The van der Waals surface area contributed by atoms with Gasteiger partial charge in [0.25, 0.3) is 11.6 Å². The van der Waals surface area contributed by atoms with Gasteiger partial charge in [-0.2, -0.15) is 13.2 Å². The third kappa shape index (κ3) is 3.26. The molecule has 0 spiro atoms. The molecule has 1 aromatic carbocycles. The Kier molecular flexibility index (Phi) is 4.29. The fraction of sp³-hybridized carbons (Fsp3) is 0.462. The molecule has 1 fully saturated rings. The summed E-state index contributed by atoms with van der Waals surface area (Å²) >= 11 is 0. The van der Waals surface area contributed by atoms with E-state index in [9.17, 15) is 37.6 Å². The maximum absolute atomic E-state index is 13.8. The Morgan fingerprint density at radius 1 is 1.30 bits per heavy atom. The number of amides is 1. The van der Waals surface area contributed by atoms with Gasteiger partial charge in [-0.05, 0) is 6.07 Å². The number of hydrogen-bond donors (Lipinski definition) is 1. The van der Waals surface area contributed by atoms with Gasteiger partial charge in [0.15, 0.2) is 5.60 Å². The van der Waals surface area contributed by atoms with E-state index in [0.29, 0.717) is 6.07 Å². The zero-order valence-electron chi connectivity index (χ0n) is 11.6. The zero-order chi connectivity index (χ0) is 17.4. The van der Waals surface area contributed by atoms with Gasteiger partial charge in [0, 0.05) is 32.0 Å². The highest BCUT2D eigenvalue weighted by Gasteiger charge is 2.55. The van der Waals surface area contributed by atoms with Gasteiger partial charge in [-0.3, -0.25) is 14.9 Å². The molecule has 1 N–H and O–H groups in total. The number of halogens is 4. The Morgan fingerprint density at radius 3 is 2.30 bits per heavy atom. The fourth-order valence-electron chi connectivity index (χ4n) is 2.32. The number of nitrogens with zero attached hydrogens (tertiary/aromatic N) is 2. The van der Waals surface area contributed by atoms with E-state index in [1.807, 2.05) is 0 Å². The van der Waals surface area contributed by atoms with Crippen molar-refractivity contribution < 1.29 is 32.4 Å². The van der Waals surface area contributed by atoms with Crippen LogP contribution in [0.25, 0.3) is 0 Å². The lowest BCUT2D eigenvalue weighted by Gasteiger charge is -2.39. The van der Waals surface area contributed by atoms with Crippen LogP contribution in [0.1, 0.15) is 23.2 Å². The van der Waals surface area contributed by atoms with Gasteiger partial charge in [0.2, 0.25) is 0 Å². The van der Waals surface area contributed by atoms with Gasteiger partial charge < -0.3 is 10.0 Å². The molecule has 0 aromatic heterocycles. The van der Waals surface area contributed by atoms with E-state index in [-0.39, 0.29) is 0 Å². The average molecular weight is 336 g/mol. The first kappa shape index (κ1) is 17.1. The van der Waals surface area contributed by atoms with Crippen LogP contribution >= 0.6 is 0 Å². The fourth-order valence-corrected chi connectivity index (χ4v) is 2.32. The van der Waals surface area contributed by atoms with E-state index in [1.165, 1.54) is 0 Å². The van der Waals surface area contributed by atoms with E-state index in [2.05, 4.69) is 0 Å². The number of non-ortho nitro benzene ring substituents is 1. The second kappa shape index (κ2) is 5.76. The van der Waals surface area contributed by atoms with Crippen LogP contribution in [0.4, 0.5) is 23.2 Å². The van der Waals surface area contributed by atoms with Crippen molar-refractivity contribution >= 4 is 11.6 Å². The maximum atomic E-state index is 13.8. The summed E-state index contributed by atoms with van der Waals surface area (Å²) in [5.74, 6) is -2.00. The number of aliphatic hydroxyl groups is 1. The van der Waals surface area contributed by atoms with E-state index in [1.54, 1.807) is 0 Å². The van der Waals surface area contributed by atoms with Gasteiger partial charge in [0.1, 0.15) is 5.82 Å². The summed E-state index contributed by atoms with van der Waals surface area (Å²) in [6.07, 6.45) is -6.23. The van der Waals surface area contributed by atoms with Crippen molar-refractivity contribution in [2.24, 2.45) is 0 Å². The highest BCUT2D eigenvalue weighted by atomic mass is 19.4. The highest BCUT2D eigenvalue weighted by molar-refractivity contribution is 5.94. The number of likely N-dealkylation sites (tertiary alicyclic amines) is 1. The molecule has 1 aliphatic heterocycles. The van der Waals surface area contributed by atoms with Crippen LogP contribution in [-0.2, 0) is 0 Å². The number of benzene rings is 1. The first-order valence-corrected chi connectivity index (χ1v) is 6.57. The van der Waals surface area contributed by atoms with Gasteiger partial charge >= 0.3 is 6.18 Å². The molecule has 0 saturated carbocycles. The van der Waals surface area contributed by atoms with Crippen molar-refractivity contribution in [3.63, 3.8) is 0 Å². The van der Waals surface area contributed by atoms with Gasteiger partial charge in [0.05, 0.1) is 16.6 Å². The maximum Gasteiger partial charge on any atom is 0.417 e. The Bertz CT molecular complexity index is 639. The van der Waals surface area contributed by atoms with Gasteiger partial charge in [-0.25, -0.2) is 4.39 Å². The lowest BCUT2D eigenvalue weighted by Crippen LogP contribution is -2.54. The predicted octanol–water partition coefficient (Wildman–Crippen LogP) is 2.26. The minimum Gasteiger partial charge on any atom is -0.380 e. The summed E-state index contributed by atoms with van der Waals surface area (Å²) in [6, 6.07) is 2.43. The number of rotatable bonds is 2. The molecule has 126 valence electrons. The van der Waals surface area contributed by atoms with Gasteiger partial charge in [-0.15, -0.1) is 0 Å². The summed E-state index contributed by atoms with van der Waals surface area (Å²) in [5, 5.41) is 20.0. The molecule has 0 atom stereocenters. The Morgan fingerprint density at radius 2 is 1.87 bits per heavy atom. The second-order valence-electron chi connectivity index (χ2n) is 5.24. The van der Waals surface area contributed by atoms with Crippen molar-refractivity contribution in [1.29, 1.82) is 0 Å². The molecule has 1 saturated heterocycles. The molecule has 2 rings (SSSR count). The number of nitro groups is 1. The lowest BCUT2D eigenvalue weighted by molar-refractivity contribution is -0.385. The minimum atomic E-state index is -4.80. The number of piperidine rings is 1. The molecule has 1 aliphatic rings. The van der Waals surface area contributed by atoms with Gasteiger partial charge in [-0.1, -0.05) is 0 Å². The van der Waals surface area contributed by atoms with E-state index in [4.69, 9.17) is 0 Å². The van der Waals surface area contributed by atoms with Crippen molar-refractivity contribution in [2.45, 2.75) is 24.6 Å². The number of hydrogen-bond acceptors (Lipinski definition) is 4. The Labute approximate surface area is 127 Å². The quantitative estimate of drug-likeness (QED) is 0.510. The van der Waals surface area contributed by atoms with Crippen LogP contribution in [0, 0.1) is 15.9 Å². The number of carbonyl (C=O) groups excluding carboxylic acids is 1. The van der Waals surface area contributed by atoms with Crippen molar-refractivity contribution in [3.8, 4) is 0 Å². The zero-order valence-corrected chi connectivity index (χ0v) is 11.6. The summed E-state index contributed by atoms with van der Waals surface area (Å²) in [7, 11) is 0. The first-order valence-electron chi connectivity index (χ1n) is 6.57. The summed E-state index contributed by atoms with van der Waals surface area (Å²) < 4.78 is 51.8. The number of nitro benzene ring substituents is 1. The Hall–Kier alpha value is -2.23. The summed E-state index contributed by atoms with van der Waals surface area (Å²) in [5.41, 5.74) is -3.87. The third-order valence-corrected chi connectivity index (χ3v) is 3.80. The lowest BCUT2D eigenvalue weighted by atomic mass is 9.90. The van der Waals surface area contributed by atoms with Crippen LogP contribution in [0.5, 0.6) is 0 Å².